The molecule has 19 heavy (non-hydrogen) atoms. The average Bonchev–Trinajstić information content (AvgIpc) is 2.38. The van der Waals surface area contributed by atoms with Crippen molar-refractivity contribution in [2.45, 2.75) is 12.0 Å². The molecule has 2 N–H and O–H groups in total. The van der Waals surface area contributed by atoms with E-state index in [9.17, 15) is 13.5 Å². The molecule has 1 aliphatic rings. The molecule has 1 aromatic rings. The fraction of sp³-hybridized carbons (Fsp3) is 0.538. The lowest BCUT2D eigenvalue weighted by Crippen LogP contribution is -2.50. The molecule has 5 nitrogen and oxygen atoms in total. The van der Waals surface area contributed by atoms with Gasteiger partial charge in [-0.25, -0.2) is 0 Å². The molecule has 0 bridgehead atoms. The van der Waals surface area contributed by atoms with Crippen LogP contribution < -0.4 is 5.32 Å². The summed E-state index contributed by atoms with van der Waals surface area (Å²) in [7, 11) is -3.49. The van der Waals surface area contributed by atoms with Crippen molar-refractivity contribution in [2.75, 3.05) is 26.0 Å². The average molecular weight is 285 g/mol. The Labute approximate surface area is 113 Å². The first-order valence-corrected chi connectivity index (χ1v) is 8.06. The summed E-state index contributed by atoms with van der Waals surface area (Å²) in [6, 6.07) is 9.33. The quantitative estimate of drug-likeness (QED) is 0.786. The van der Waals surface area contributed by atoms with E-state index in [1.807, 2.05) is 30.3 Å². The molecule has 106 valence electrons. The third-order valence-corrected chi connectivity index (χ3v) is 4.07. The van der Waals surface area contributed by atoms with Crippen LogP contribution in [0.4, 0.5) is 0 Å². The molecule has 2 unspecified atom stereocenters. The van der Waals surface area contributed by atoms with Crippen molar-refractivity contribution in [3.05, 3.63) is 35.9 Å². The number of nitrogens with one attached hydrogen (secondary N) is 1. The van der Waals surface area contributed by atoms with Crippen molar-refractivity contribution >= 4 is 10.1 Å². The SMILES string of the molecule is CS(=O)(=O)OCC1CNCCC1(O)c1ccccc1. The van der Waals surface area contributed by atoms with Gasteiger partial charge in [-0.1, -0.05) is 30.3 Å². The summed E-state index contributed by atoms with van der Waals surface area (Å²) in [5.41, 5.74) is -0.240. The van der Waals surface area contributed by atoms with Crippen LogP contribution in [0.25, 0.3) is 0 Å². The fourth-order valence-corrected chi connectivity index (χ4v) is 2.85. The predicted molar refractivity (Wildman–Crippen MR) is 72.1 cm³/mol. The topological polar surface area (TPSA) is 75.6 Å². The molecule has 1 aliphatic heterocycles. The minimum absolute atomic E-state index is 0.0166. The van der Waals surface area contributed by atoms with E-state index in [1.54, 1.807) is 0 Å². The minimum Gasteiger partial charge on any atom is -0.385 e. The highest BCUT2D eigenvalue weighted by Gasteiger charge is 2.40. The molecule has 6 heteroatoms. The molecular weight excluding hydrogens is 266 g/mol. The Morgan fingerprint density at radius 3 is 2.74 bits per heavy atom. The second kappa shape index (κ2) is 5.58. The number of benzene rings is 1. The lowest BCUT2D eigenvalue weighted by molar-refractivity contribution is -0.0606. The molecule has 1 aromatic carbocycles. The predicted octanol–water partition coefficient (Wildman–Crippen LogP) is 0.460. The summed E-state index contributed by atoms with van der Waals surface area (Å²) < 4.78 is 27.1. The molecule has 0 spiro atoms. The number of hydrogen-bond donors (Lipinski definition) is 2. The standard InChI is InChI=1S/C13H19NO4S/c1-19(16,17)18-10-12-9-14-8-7-13(12,15)11-5-3-2-4-6-11/h2-6,12,14-15H,7-10H2,1H3. The third kappa shape index (κ3) is 3.54. The summed E-state index contributed by atoms with van der Waals surface area (Å²) in [5.74, 6) is -0.293. The monoisotopic (exact) mass is 285 g/mol. The van der Waals surface area contributed by atoms with Crippen LogP contribution in [0.2, 0.25) is 0 Å². The highest BCUT2D eigenvalue weighted by Crippen LogP contribution is 2.35. The van der Waals surface area contributed by atoms with Crippen LogP contribution in [0.3, 0.4) is 0 Å². The van der Waals surface area contributed by atoms with Crippen LogP contribution in [0.1, 0.15) is 12.0 Å². The van der Waals surface area contributed by atoms with E-state index in [4.69, 9.17) is 4.18 Å². The maximum absolute atomic E-state index is 11.1. The molecule has 0 radical (unpaired) electrons. The van der Waals surface area contributed by atoms with Gasteiger partial charge in [0.2, 0.25) is 0 Å². The molecule has 0 saturated carbocycles. The second-order valence-electron chi connectivity index (χ2n) is 4.93. The van der Waals surface area contributed by atoms with Gasteiger partial charge in [0.25, 0.3) is 10.1 Å². The first-order valence-electron chi connectivity index (χ1n) is 6.25. The van der Waals surface area contributed by atoms with Crippen molar-refractivity contribution < 1.29 is 17.7 Å². The fourth-order valence-electron chi connectivity index (χ4n) is 2.44. The van der Waals surface area contributed by atoms with Gasteiger partial charge in [0.15, 0.2) is 0 Å². The summed E-state index contributed by atoms with van der Waals surface area (Å²) in [5, 5.41) is 14.0. The molecule has 1 heterocycles. The largest absolute Gasteiger partial charge is 0.385 e. The first-order chi connectivity index (χ1) is 8.92. The van der Waals surface area contributed by atoms with Crippen LogP contribution in [-0.2, 0) is 19.9 Å². The minimum atomic E-state index is -3.49. The maximum Gasteiger partial charge on any atom is 0.264 e. The Bertz CT molecular complexity index is 517. The summed E-state index contributed by atoms with van der Waals surface area (Å²) >= 11 is 0. The number of aliphatic hydroxyl groups is 1. The highest BCUT2D eigenvalue weighted by atomic mass is 32.2. The van der Waals surface area contributed by atoms with E-state index in [0.717, 1.165) is 11.8 Å². The van der Waals surface area contributed by atoms with Gasteiger partial charge in [-0.2, -0.15) is 8.42 Å². The van der Waals surface area contributed by atoms with Gasteiger partial charge < -0.3 is 10.4 Å². The Kier molecular flexibility index (Phi) is 4.25. The van der Waals surface area contributed by atoms with Crippen molar-refractivity contribution in [3.63, 3.8) is 0 Å². The van der Waals surface area contributed by atoms with Crippen molar-refractivity contribution in [3.8, 4) is 0 Å². The van der Waals surface area contributed by atoms with Gasteiger partial charge in [-0.15, -0.1) is 0 Å². The zero-order valence-electron chi connectivity index (χ0n) is 10.9. The molecule has 1 saturated heterocycles. The van der Waals surface area contributed by atoms with E-state index in [2.05, 4.69) is 5.32 Å². The second-order valence-corrected chi connectivity index (χ2v) is 6.57. The number of rotatable bonds is 4. The van der Waals surface area contributed by atoms with E-state index >= 15 is 0 Å². The molecule has 2 rings (SSSR count). The Morgan fingerprint density at radius 2 is 2.11 bits per heavy atom. The lowest BCUT2D eigenvalue weighted by Gasteiger charge is -2.40. The summed E-state index contributed by atoms with van der Waals surface area (Å²) in [4.78, 5) is 0. The van der Waals surface area contributed by atoms with Gasteiger partial charge in [-0.3, -0.25) is 4.18 Å². The van der Waals surface area contributed by atoms with Crippen molar-refractivity contribution in [1.82, 2.24) is 5.32 Å². The number of hydrogen-bond acceptors (Lipinski definition) is 5. The normalized spacial score (nSPS) is 28.2. The zero-order chi connectivity index (χ0) is 13.9. The lowest BCUT2D eigenvalue weighted by atomic mass is 9.77. The maximum atomic E-state index is 11.1. The van der Waals surface area contributed by atoms with Gasteiger partial charge in [0.05, 0.1) is 18.5 Å². The Morgan fingerprint density at radius 1 is 1.42 bits per heavy atom. The summed E-state index contributed by atoms with van der Waals surface area (Å²) in [6.07, 6.45) is 1.56. The highest BCUT2D eigenvalue weighted by molar-refractivity contribution is 7.85. The Balaban J connectivity index is 2.20. The van der Waals surface area contributed by atoms with Gasteiger partial charge >= 0.3 is 0 Å². The van der Waals surface area contributed by atoms with E-state index < -0.39 is 15.7 Å². The molecular formula is C13H19NO4S. The van der Waals surface area contributed by atoms with E-state index in [0.29, 0.717) is 19.5 Å². The van der Waals surface area contributed by atoms with Crippen LogP contribution >= 0.6 is 0 Å². The Hall–Kier alpha value is -0.950. The van der Waals surface area contributed by atoms with Gasteiger partial charge in [0, 0.05) is 12.5 Å². The van der Waals surface area contributed by atoms with E-state index in [1.165, 1.54) is 0 Å². The van der Waals surface area contributed by atoms with Gasteiger partial charge in [0.1, 0.15) is 0 Å². The third-order valence-electron chi connectivity index (χ3n) is 3.51. The molecule has 0 aromatic heterocycles. The van der Waals surface area contributed by atoms with E-state index in [-0.39, 0.29) is 12.5 Å². The van der Waals surface area contributed by atoms with Crippen LogP contribution in [0.15, 0.2) is 30.3 Å². The molecule has 1 fully saturated rings. The first kappa shape index (κ1) is 14.5. The van der Waals surface area contributed by atoms with Crippen molar-refractivity contribution in [1.29, 1.82) is 0 Å². The number of piperidine rings is 1. The van der Waals surface area contributed by atoms with Gasteiger partial charge in [-0.05, 0) is 18.5 Å². The van der Waals surface area contributed by atoms with Crippen molar-refractivity contribution in [2.24, 2.45) is 5.92 Å². The van der Waals surface area contributed by atoms with Crippen LogP contribution in [-0.4, -0.2) is 39.5 Å². The molecule has 0 amide bonds. The van der Waals surface area contributed by atoms with Crippen LogP contribution in [0.5, 0.6) is 0 Å². The summed E-state index contributed by atoms with van der Waals surface area (Å²) in [6.45, 7) is 1.21. The smallest absolute Gasteiger partial charge is 0.264 e. The molecule has 2 atom stereocenters. The molecule has 0 aliphatic carbocycles. The zero-order valence-corrected chi connectivity index (χ0v) is 11.7. The van der Waals surface area contributed by atoms with Crippen LogP contribution in [0, 0.1) is 5.92 Å².